The molecule has 0 aliphatic carbocycles. The lowest BCUT2D eigenvalue weighted by atomic mass is 10.1. The van der Waals surface area contributed by atoms with Gasteiger partial charge in [-0.2, -0.15) is 0 Å². The van der Waals surface area contributed by atoms with Gasteiger partial charge in [0.2, 0.25) is 0 Å². The number of hydrogen-bond donors (Lipinski definition) is 1. The van der Waals surface area contributed by atoms with Crippen LogP contribution < -0.4 is 5.32 Å². The number of alkyl carbamates (subject to hydrolysis) is 1. The zero-order valence-electron chi connectivity index (χ0n) is 13.3. The largest absolute Gasteiger partial charge is 0.444 e. The smallest absolute Gasteiger partial charge is 0.407 e. The highest BCUT2D eigenvalue weighted by atomic mass is 16.6. The molecule has 0 radical (unpaired) electrons. The van der Waals surface area contributed by atoms with Crippen LogP contribution in [0.5, 0.6) is 0 Å². The fourth-order valence-electron chi connectivity index (χ4n) is 2.47. The van der Waals surface area contributed by atoms with Gasteiger partial charge in [0.15, 0.2) is 0 Å². The highest BCUT2D eigenvalue weighted by molar-refractivity contribution is 5.67. The molecule has 0 bridgehead atoms. The highest BCUT2D eigenvalue weighted by Crippen LogP contribution is 2.25. The van der Waals surface area contributed by atoms with Crippen LogP contribution in [0, 0.1) is 0 Å². The molecule has 0 saturated carbocycles. The van der Waals surface area contributed by atoms with E-state index in [9.17, 15) is 4.79 Å². The molecule has 2 atom stereocenters. The summed E-state index contributed by atoms with van der Waals surface area (Å²) in [6.45, 7) is 8.87. The minimum absolute atomic E-state index is 0.213. The molecule has 1 aliphatic heterocycles. The van der Waals surface area contributed by atoms with Gasteiger partial charge in [0, 0.05) is 12.8 Å². The Hall–Kier alpha value is -1.56. The summed E-state index contributed by atoms with van der Waals surface area (Å²) in [6, 6.07) is 0.213. The van der Waals surface area contributed by atoms with Crippen LogP contribution in [0.25, 0.3) is 0 Å². The molecule has 2 heterocycles. The van der Waals surface area contributed by atoms with Gasteiger partial charge in [-0.05, 0) is 40.5 Å². The third-order valence-electron chi connectivity index (χ3n) is 3.50. The van der Waals surface area contributed by atoms with Crippen LogP contribution in [0.2, 0.25) is 0 Å². The molecule has 0 spiro atoms. The van der Waals surface area contributed by atoms with E-state index in [1.54, 1.807) is 12.5 Å². The summed E-state index contributed by atoms with van der Waals surface area (Å²) in [4.78, 5) is 15.9. The van der Waals surface area contributed by atoms with Crippen molar-refractivity contribution >= 4 is 6.09 Å². The average Bonchev–Trinajstić information content (AvgIpc) is 3.05. The summed E-state index contributed by atoms with van der Waals surface area (Å²) in [5.41, 5.74) is 0.457. The SMILES string of the molecule is CC(C1CCCO1)n1cncc1CNC(=O)OC(C)(C)C. The lowest BCUT2D eigenvalue weighted by Gasteiger charge is -2.23. The first-order valence-corrected chi connectivity index (χ1v) is 7.46. The summed E-state index contributed by atoms with van der Waals surface area (Å²) in [5.74, 6) is 0. The van der Waals surface area contributed by atoms with Gasteiger partial charge in [-0.25, -0.2) is 9.78 Å². The fraction of sp³-hybridized carbons (Fsp3) is 0.733. The summed E-state index contributed by atoms with van der Waals surface area (Å²) in [7, 11) is 0. The number of nitrogens with one attached hydrogen (secondary N) is 1. The second-order valence-corrected chi connectivity index (χ2v) is 6.44. The zero-order valence-corrected chi connectivity index (χ0v) is 13.3. The molecule has 6 heteroatoms. The molecule has 2 unspecified atom stereocenters. The molecule has 21 heavy (non-hydrogen) atoms. The van der Waals surface area contributed by atoms with E-state index in [-0.39, 0.29) is 12.1 Å². The molecule has 1 saturated heterocycles. The van der Waals surface area contributed by atoms with Gasteiger partial charge >= 0.3 is 6.09 Å². The molecule has 1 aliphatic rings. The first-order valence-electron chi connectivity index (χ1n) is 7.46. The predicted octanol–water partition coefficient (Wildman–Crippen LogP) is 2.65. The van der Waals surface area contributed by atoms with Gasteiger partial charge in [-0.3, -0.25) is 0 Å². The minimum atomic E-state index is -0.491. The summed E-state index contributed by atoms with van der Waals surface area (Å²) in [5, 5.41) is 2.76. The first-order chi connectivity index (χ1) is 9.87. The Morgan fingerprint density at radius 2 is 2.38 bits per heavy atom. The predicted molar refractivity (Wildman–Crippen MR) is 79.0 cm³/mol. The number of carbonyl (C=O) groups excluding carboxylic acids is 1. The summed E-state index contributed by atoms with van der Waals surface area (Å²) >= 11 is 0. The van der Waals surface area contributed by atoms with Crippen molar-refractivity contribution in [2.24, 2.45) is 0 Å². The highest BCUT2D eigenvalue weighted by Gasteiger charge is 2.25. The quantitative estimate of drug-likeness (QED) is 0.927. The normalized spacial score (nSPS) is 20.3. The molecular weight excluding hydrogens is 270 g/mol. The molecule has 1 fully saturated rings. The number of hydrogen-bond acceptors (Lipinski definition) is 4. The standard InChI is InChI=1S/C15H25N3O3/c1-11(13-6-5-7-20-13)18-10-16-8-12(18)9-17-14(19)21-15(2,3)4/h8,10-11,13H,5-7,9H2,1-4H3,(H,17,19). The van der Waals surface area contributed by atoms with E-state index >= 15 is 0 Å². The monoisotopic (exact) mass is 295 g/mol. The van der Waals surface area contributed by atoms with Crippen molar-refractivity contribution < 1.29 is 14.3 Å². The molecule has 118 valence electrons. The number of aromatic nitrogens is 2. The second-order valence-electron chi connectivity index (χ2n) is 6.44. The van der Waals surface area contributed by atoms with Gasteiger partial charge in [-0.15, -0.1) is 0 Å². The minimum Gasteiger partial charge on any atom is -0.444 e. The second kappa shape index (κ2) is 6.47. The molecule has 6 nitrogen and oxygen atoms in total. The molecule has 1 aromatic heterocycles. The summed E-state index contributed by atoms with van der Waals surface area (Å²) < 4.78 is 13.0. The van der Waals surface area contributed by atoms with E-state index in [0.717, 1.165) is 25.1 Å². The Labute approximate surface area is 125 Å². The fourth-order valence-corrected chi connectivity index (χ4v) is 2.47. The molecule has 2 rings (SSSR count). The van der Waals surface area contributed by atoms with Crippen molar-refractivity contribution in [1.29, 1.82) is 0 Å². The molecule has 1 amide bonds. The van der Waals surface area contributed by atoms with Gasteiger partial charge in [0.1, 0.15) is 5.60 Å². The van der Waals surface area contributed by atoms with E-state index in [0.29, 0.717) is 6.54 Å². The third kappa shape index (κ3) is 4.46. The van der Waals surface area contributed by atoms with E-state index in [4.69, 9.17) is 9.47 Å². The van der Waals surface area contributed by atoms with Crippen LogP contribution in [-0.4, -0.2) is 34.0 Å². The lowest BCUT2D eigenvalue weighted by molar-refractivity contribution is 0.0519. The van der Waals surface area contributed by atoms with Gasteiger partial charge in [-0.1, -0.05) is 0 Å². The van der Waals surface area contributed by atoms with Crippen LogP contribution >= 0.6 is 0 Å². The van der Waals surface area contributed by atoms with Crippen molar-refractivity contribution in [3.63, 3.8) is 0 Å². The third-order valence-corrected chi connectivity index (χ3v) is 3.50. The Morgan fingerprint density at radius 1 is 1.62 bits per heavy atom. The number of rotatable bonds is 4. The van der Waals surface area contributed by atoms with Crippen molar-refractivity contribution in [3.8, 4) is 0 Å². The Balaban J connectivity index is 1.92. The average molecular weight is 295 g/mol. The number of nitrogens with zero attached hydrogens (tertiary/aromatic N) is 2. The van der Waals surface area contributed by atoms with Gasteiger partial charge in [0.25, 0.3) is 0 Å². The Kier molecular flexibility index (Phi) is 4.88. The maximum Gasteiger partial charge on any atom is 0.407 e. The zero-order chi connectivity index (χ0) is 15.5. The van der Waals surface area contributed by atoms with E-state index in [1.807, 2.05) is 20.8 Å². The Bertz CT molecular complexity index is 473. The molecule has 1 aromatic rings. The maximum atomic E-state index is 11.7. The number of carbonyl (C=O) groups is 1. The van der Waals surface area contributed by atoms with Crippen LogP contribution in [-0.2, 0) is 16.0 Å². The van der Waals surface area contributed by atoms with Crippen LogP contribution in [0.3, 0.4) is 0 Å². The number of ether oxygens (including phenoxy) is 2. The van der Waals surface area contributed by atoms with Crippen molar-refractivity contribution in [2.75, 3.05) is 6.61 Å². The van der Waals surface area contributed by atoms with E-state index in [2.05, 4.69) is 21.8 Å². The van der Waals surface area contributed by atoms with Gasteiger partial charge < -0.3 is 19.4 Å². The summed E-state index contributed by atoms with van der Waals surface area (Å²) in [6.07, 6.45) is 5.54. The van der Waals surface area contributed by atoms with Crippen LogP contribution in [0.15, 0.2) is 12.5 Å². The molecule has 1 N–H and O–H groups in total. The Morgan fingerprint density at radius 3 is 3.00 bits per heavy atom. The van der Waals surface area contributed by atoms with Crippen LogP contribution in [0.1, 0.15) is 52.3 Å². The van der Waals surface area contributed by atoms with Gasteiger partial charge in [0.05, 0.1) is 30.7 Å². The maximum absolute atomic E-state index is 11.7. The number of amides is 1. The van der Waals surface area contributed by atoms with Crippen molar-refractivity contribution in [3.05, 3.63) is 18.2 Å². The lowest BCUT2D eigenvalue weighted by Crippen LogP contribution is -2.33. The molecule has 0 aromatic carbocycles. The van der Waals surface area contributed by atoms with E-state index in [1.165, 1.54) is 0 Å². The van der Waals surface area contributed by atoms with Crippen molar-refractivity contribution in [1.82, 2.24) is 14.9 Å². The first kappa shape index (κ1) is 15.8. The number of imidazole rings is 1. The van der Waals surface area contributed by atoms with Crippen molar-refractivity contribution in [2.45, 2.75) is 64.8 Å². The van der Waals surface area contributed by atoms with Crippen LogP contribution in [0.4, 0.5) is 4.79 Å². The van der Waals surface area contributed by atoms with E-state index < -0.39 is 11.7 Å². The topological polar surface area (TPSA) is 65.4 Å². The molecular formula is C15H25N3O3.